The Balaban J connectivity index is 1.26. The van der Waals surface area contributed by atoms with Crippen LogP contribution in [0.4, 0.5) is 19.0 Å². The first-order valence-corrected chi connectivity index (χ1v) is 9.45. The van der Waals surface area contributed by atoms with E-state index in [-0.39, 0.29) is 11.9 Å². The summed E-state index contributed by atoms with van der Waals surface area (Å²) in [5, 5.41) is 12.9. The van der Waals surface area contributed by atoms with Gasteiger partial charge in [0.25, 0.3) is 5.91 Å². The first-order chi connectivity index (χ1) is 13.4. The highest BCUT2D eigenvalue weighted by Gasteiger charge is 2.33. The van der Waals surface area contributed by atoms with Crippen molar-refractivity contribution in [2.24, 2.45) is 5.92 Å². The van der Waals surface area contributed by atoms with Gasteiger partial charge < -0.3 is 15.1 Å². The van der Waals surface area contributed by atoms with Gasteiger partial charge in [-0.25, -0.2) is 0 Å². The highest BCUT2D eigenvalue weighted by molar-refractivity contribution is 5.93. The molecule has 0 saturated heterocycles. The van der Waals surface area contributed by atoms with Crippen molar-refractivity contribution in [2.75, 3.05) is 11.9 Å². The lowest BCUT2D eigenvalue weighted by molar-refractivity contribution is -0.141. The number of carbonyl (C=O) groups is 1. The summed E-state index contributed by atoms with van der Waals surface area (Å²) in [6, 6.07) is 2.31. The fourth-order valence-corrected chi connectivity index (χ4v) is 4.03. The normalized spacial score (nSPS) is 21.5. The molecule has 1 amide bonds. The van der Waals surface area contributed by atoms with Crippen LogP contribution in [0.3, 0.4) is 0 Å². The lowest BCUT2D eigenvalue weighted by Crippen LogP contribution is -2.29. The minimum absolute atomic E-state index is 0.0980. The number of amides is 1. The molecule has 0 spiro atoms. The summed E-state index contributed by atoms with van der Waals surface area (Å²) < 4.78 is 43.0. The van der Waals surface area contributed by atoms with E-state index in [1.807, 2.05) is 0 Å². The van der Waals surface area contributed by atoms with Gasteiger partial charge in [0.05, 0.1) is 6.26 Å². The van der Waals surface area contributed by atoms with Gasteiger partial charge in [-0.15, -0.1) is 10.2 Å². The number of hydrogen-bond donors (Lipinski definition) is 2. The Morgan fingerprint density at radius 2 is 2.07 bits per heavy atom. The minimum Gasteiger partial charge on any atom is -0.459 e. The van der Waals surface area contributed by atoms with Crippen molar-refractivity contribution in [3.8, 4) is 0 Å². The molecule has 2 atom stereocenters. The summed E-state index contributed by atoms with van der Waals surface area (Å²) in [6.07, 6.45) is 2.69. The molecule has 6 nitrogen and oxygen atoms in total. The summed E-state index contributed by atoms with van der Waals surface area (Å²) in [5.74, 6) is 0.883. The van der Waals surface area contributed by atoms with Crippen LogP contribution >= 0.6 is 0 Å². The van der Waals surface area contributed by atoms with Crippen LogP contribution in [-0.2, 0) is 19.0 Å². The molecule has 0 bridgehead atoms. The predicted molar refractivity (Wildman–Crippen MR) is 94.9 cm³/mol. The first kappa shape index (κ1) is 18.8. The van der Waals surface area contributed by atoms with Gasteiger partial charge in [-0.05, 0) is 62.1 Å². The second-order valence-electron chi connectivity index (χ2n) is 7.45. The molecule has 2 aliphatic rings. The lowest BCUT2D eigenvalue weighted by atomic mass is 10.1. The van der Waals surface area contributed by atoms with Crippen LogP contribution in [0.2, 0.25) is 0 Å². The van der Waals surface area contributed by atoms with Crippen LogP contribution in [-0.4, -0.2) is 28.7 Å². The topological polar surface area (TPSA) is 80.0 Å². The average Bonchev–Trinajstić information content (AvgIpc) is 3.36. The van der Waals surface area contributed by atoms with E-state index in [1.54, 1.807) is 6.26 Å². The Labute approximate surface area is 159 Å². The molecular weight excluding hydrogens is 373 g/mol. The standard InChI is InChI=1S/C19H21F3N4O2/c20-19(21,22)15-6-7-16(26-25-15)24-13-5-4-11(8-13)9-23-18(27)17-14-3-1-2-12(14)10-28-17/h6-7,10-11,13H,1-5,8-9H2,(H,23,27)(H,24,26)/t11-,13+/m0/s1. The van der Waals surface area contributed by atoms with Gasteiger partial charge in [0.2, 0.25) is 0 Å². The van der Waals surface area contributed by atoms with Crippen LogP contribution < -0.4 is 10.6 Å². The molecule has 9 heteroatoms. The molecule has 0 unspecified atom stereocenters. The van der Waals surface area contributed by atoms with E-state index in [9.17, 15) is 18.0 Å². The summed E-state index contributed by atoms with van der Waals surface area (Å²) in [5.41, 5.74) is 1.16. The summed E-state index contributed by atoms with van der Waals surface area (Å²) in [4.78, 5) is 12.4. The fourth-order valence-electron chi connectivity index (χ4n) is 4.03. The van der Waals surface area contributed by atoms with Gasteiger partial charge in [-0.2, -0.15) is 13.2 Å². The second kappa shape index (κ2) is 7.44. The quantitative estimate of drug-likeness (QED) is 0.810. The lowest BCUT2D eigenvalue weighted by Gasteiger charge is -2.14. The van der Waals surface area contributed by atoms with Gasteiger partial charge in [-0.3, -0.25) is 4.79 Å². The molecule has 0 aromatic carbocycles. The maximum atomic E-state index is 12.5. The molecule has 28 heavy (non-hydrogen) atoms. The number of alkyl halides is 3. The Morgan fingerprint density at radius 3 is 2.82 bits per heavy atom. The number of aromatic nitrogens is 2. The van der Waals surface area contributed by atoms with Crippen LogP contribution in [0.25, 0.3) is 0 Å². The van der Waals surface area contributed by atoms with Gasteiger partial charge in [-0.1, -0.05) is 0 Å². The molecule has 2 aliphatic carbocycles. The van der Waals surface area contributed by atoms with E-state index in [1.165, 1.54) is 6.07 Å². The van der Waals surface area contributed by atoms with E-state index in [0.29, 0.717) is 24.0 Å². The number of anilines is 1. The zero-order valence-corrected chi connectivity index (χ0v) is 15.2. The fraction of sp³-hybridized carbons (Fsp3) is 0.526. The summed E-state index contributed by atoms with van der Waals surface area (Å²) >= 11 is 0. The molecule has 1 saturated carbocycles. The monoisotopic (exact) mass is 394 g/mol. The first-order valence-electron chi connectivity index (χ1n) is 9.45. The number of halogens is 3. The molecule has 2 heterocycles. The smallest absolute Gasteiger partial charge is 0.435 e. The molecular formula is C19H21F3N4O2. The largest absolute Gasteiger partial charge is 0.459 e. The predicted octanol–water partition coefficient (Wildman–Crippen LogP) is 3.59. The Morgan fingerprint density at radius 1 is 1.21 bits per heavy atom. The van der Waals surface area contributed by atoms with E-state index < -0.39 is 11.9 Å². The van der Waals surface area contributed by atoms with Crippen LogP contribution in [0.1, 0.15) is 53.1 Å². The average molecular weight is 394 g/mol. The van der Waals surface area contributed by atoms with E-state index in [0.717, 1.165) is 55.7 Å². The van der Waals surface area contributed by atoms with Gasteiger partial charge in [0.15, 0.2) is 11.5 Å². The molecule has 2 aromatic rings. The van der Waals surface area contributed by atoms with E-state index >= 15 is 0 Å². The third-order valence-electron chi connectivity index (χ3n) is 5.46. The highest BCUT2D eigenvalue weighted by Crippen LogP contribution is 2.30. The van der Waals surface area contributed by atoms with Crippen LogP contribution in [0, 0.1) is 5.92 Å². The Hall–Kier alpha value is -2.58. The zero-order valence-electron chi connectivity index (χ0n) is 15.2. The number of aryl methyl sites for hydroxylation is 1. The number of rotatable bonds is 5. The van der Waals surface area contributed by atoms with Crippen LogP contribution in [0.15, 0.2) is 22.8 Å². The number of fused-ring (bicyclic) bond motifs is 1. The van der Waals surface area contributed by atoms with Crippen molar-refractivity contribution in [1.82, 2.24) is 15.5 Å². The molecule has 0 aliphatic heterocycles. The molecule has 2 aromatic heterocycles. The van der Waals surface area contributed by atoms with Crippen molar-refractivity contribution in [1.29, 1.82) is 0 Å². The summed E-state index contributed by atoms with van der Waals surface area (Å²) in [6.45, 7) is 0.547. The van der Waals surface area contributed by atoms with Crippen molar-refractivity contribution in [3.05, 3.63) is 41.0 Å². The molecule has 150 valence electrons. The molecule has 4 rings (SSSR count). The molecule has 0 radical (unpaired) electrons. The number of furan rings is 1. The van der Waals surface area contributed by atoms with E-state index in [4.69, 9.17) is 4.42 Å². The third-order valence-corrected chi connectivity index (χ3v) is 5.46. The highest BCUT2D eigenvalue weighted by atomic mass is 19.4. The van der Waals surface area contributed by atoms with Gasteiger partial charge >= 0.3 is 6.18 Å². The van der Waals surface area contributed by atoms with Gasteiger partial charge in [0.1, 0.15) is 5.82 Å². The minimum atomic E-state index is -4.49. The Bertz CT molecular complexity index is 848. The number of carbonyl (C=O) groups excluding carboxylic acids is 1. The molecule has 2 N–H and O–H groups in total. The third kappa shape index (κ3) is 3.98. The van der Waals surface area contributed by atoms with Crippen molar-refractivity contribution in [3.63, 3.8) is 0 Å². The zero-order chi connectivity index (χ0) is 19.7. The SMILES string of the molecule is O=C(NC[C@H]1CC[C@@H](Nc2ccc(C(F)(F)F)nn2)C1)c1occ2c1CCC2. The number of nitrogens with one attached hydrogen (secondary N) is 2. The maximum Gasteiger partial charge on any atom is 0.435 e. The van der Waals surface area contributed by atoms with Crippen molar-refractivity contribution in [2.45, 2.75) is 50.7 Å². The summed E-state index contributed by atoms with van der Waals surface area (Å²) in [7, 11) is 0. The Kier molecular flexibility index (Phi) is 4.99. The molecule has 1 fully saturated rings. The van der Waals surface area contributed by atoms with Crippen molar-refractivity contribution >= 4 is 11.7 Å². The van der Waals surface area contributed by atoms with Gasteiger partial charge in [0, 0.05) is 18.2 Å². The maximum absolute atomic E-state index is 12.5. The second-order valence-corrected chi connectivity index (χ2v) is 7.45. The van der Waals surface area contributed by atoms with Crippen LogP contribution in [0.5, 0.6) is 0 Å². The van der Waals surface area contributed by atoms with E-state index in [2.05, 4.69) is 20.8 Å². The number of nitrogens with zero attached hydrogens (tertiary/aromatic N) is 2. The van der Waals surface area contributed by atoms with Crippen molar-refractivity contribution < 1.29 is 22.4 Å². The number of hydrogen-bond acceptors (Lipinski definition) is 5.